The zero-order valence-electron chi connectivity index (χ0n) is 14.6. The molecule has 3 amide bonds. The topological polar surface area (TPSA) is 87.3 Å². The quantitative estimate of drug-likeness (QED) is 0.542. The van der Waals surface area contributed by atoms with Crippen molar-refractivity contribution < 1.29 is 14.4 Å². The van der Waals surface area contributed by atoms with Crippen LogP contribution in [0.3, 0.4) is 0 Å². The third-order valence-corrected chi connectivity index (χ3v) is 4.54. The van der Waals surface area contributed by atoms with Gasteiger partial charge in [-0.3, -0.25) is 25.2 Å². The summed E-state index contributed by atoms with van der Waals surface area (Å²) >= 11 is 3.29. The van der Waals surface area contributed by atoms with Gasteiger partial charge in [0.15, 0.2) is 0 Å². The molecule has 3 N–H and O–H groups in total. The van der Waals surface area contributed by atoms with E-state index < -0.39 is 11.8 Å². The number of anilines is 1. The van der Waals surface area contributed by atoms with Gasteiger partial charge in [0.2, 0.25) is 0 Å². The Balaban J connectivity index is 1.57. The fourth-order valence-electron chi connectivity index (χ4n) is 2.40. The smallest absolute Gasteiger partial charge is 0.270 e. The van der Waals surface area contributed by atoms with Gasteiger partial charge in [-0.1, -0.05) is 30.3 Å². The Morgan fingerprint density at radius 2 is 1.18 bits per heavy atom. The number of rotatable bonds is 4. The molecule has 0 heterocycles. The zero-order valence-corrected chi connectivity index (χ0v) is 16.2. The standard InChI is InChI=1S/C21H16BrN3O3/c22-18-9-5-4-8-17(18)21(28)25-24-20(27)15-10-12-16(13-11-15)23-19(26)14-6-2-1-3-7-14/h1-13H,(H,23,26)(H,24,27)(H,25,28). The van der Waals surface area contributed by atoms with Gasteiger partial charge in [0.25, 0.3) is 17.7 Å². The fourth-order valence-corrected chi connectivity index (χ4v) is 2.86. The fraction of sp³-hybridized carbons (Fsp3) is 0. The summed E-state index contributed by atoms with van der Waals surface area (Å²) < 4.78 is 0.625. The van der Waals surface area contributed by atoms with Crippen LogP contribution in [0.1, 0.15) is 31.1 Å². The summed E-state index contributed by atoms with van der Waals surface area (Å²) in [6.07, 6.45) is 0. The summed E-state index contributed by atoms with van der Waals surface area (Å²) in [6.45, 7) is 0. The van der Waals surface area contributed by atoms with Gasteiger partial charge in [0, 0.05) is 21.3 Å². The maximum atomic E-state index is 12.2. The van der Waals surface area contributed by atoms with Crippen LogP contribution in [0.4, 0.5) is 5.69 Å². The van der Waals surface area contributed by atoms with Crippen LogP contribution in [-0.4, -0.2) is 17.7 Å². The molecular formula is C21H16BrN3O3. The number of nitrogens with one attached hydrogen (secondary N) is 3. The first-order valence-electron chi connectivity index (χ1n) is 8.36. The van der Waals surface area contributed by atoms with E-state index in [1.165, 1.54) is 0 Å². The molecule has 0 spiro atoms. The van der Waals surface area contributed by atoms with E-state index in [2.05, 4.69) is 32.1 Å². The first kappa shape index (κ1) is 19.3. The highest BCUT2D eigenvalue weighted by atomic mass is 79.9. The third-order valence-electron chi connectivity index (χ3n) is 3.85. The van der Waals surface area contributed by atoms with Gasteiger partial charge in [-0.05, 0) is 64.5 Å². The van der Waals surface area contributed by atoms with Gasteiger partial charge in [-0.25, -0.2) is 0 Å². The highest BCUT2D eigenvalue weighted by molar-refractivity contribution is 9.10. The average molecular weight is 438 g/mol. The van der Waals surface area contributed by atoms with Crippen LogP contribution in [-0.2, 0) is 0 Å². The molecule has 0 radical (unpaired) electrons. The molecule has 6 nitrogen and oxygen atoms in total. The highest BCUT2D eigenvalue weighted by Gasteiger charge is 2.12. The molecule has 0 bridgehead atoms. The SMILES string of the molecule is O=C(NNC(=O)c1ccccc1Br)c1ccc(NC(=O)c2ccccc2)cc1. The summed E-state index contributed by atoms with van der Waals surface area (Å²) in [7, 11) is 0. The summed E-state index contributed by atoms with van der Waals surface area (Å²) in [4.78, 5) is 36.4. The minimum atomic E-state index is -0.471. The molecule has 3 aromatic rings. The molecule has 0 fully saturated rings. The number of hydrogen-bond acceptors (Lipinski definition) is 3. The van der Waals surface area contributed by atoms with Gasteiger partial charge in [0.05, 0.1) is 5.56 Å². The van der Waals surface area contributed by atoms with E-state index in [0.29, 0.717) is 26.9 Å². The van der Waals surface area contributed by atoms with E-state index in [4.69, 9.17) is 0 Å². The minimum Gasteiger partial charge on any atom is -0.322 e. The van der Waals surface area contributed by atoms with E-state index in [1.807, 2.05) is 6.07 Å². The number of hydrogen-bond donors (Lipinski definition) is 3. The molecule has 0 unspecified atom stereocenters. The second-order valence-corrected chi connectivity index (χ2v) is 6.64. The normalized spacial score (nSPS) is 10.0. The van der Waals surface area contributed by atoms with Crippen molar-refractivity contribution in [2.24, 2.45) is 0 Å². The largest absolute Gasteiger partial charge is 0.322 e. The first-order valence-corrected chi connectivity index (χ1v) is 9.15. The Morgan fingerprint density at radius 1 is 0.607 bits per heavy atom. The number of hydrazine groups is 1. The van der Waals surface area contributed by atoms with Crippen LogP contribution in [0, 0.1) is 0 Å². The Kier molecular flexibility index (Phi) is 6.18. The van der Waals surface area contributed by atoms with Crippen molar-refractivity contribution in [2.45, 2.75) is 0 Å². The Labute approximate surface area is 170 Å². The molecule has 0 aliphatic carbocycles. The summed E-state index contributed by atoms with van der Waals surface area (Å²) in [6, 6.07) is 22.1. The second kappa shape index (κ2) is 8.96. The second-order valence-electron chi connectivity index (χ2n) is 5.79. The van der Waals surface area contributed by atoms with Crippen molar-refractivity contribution in [1.29, 1.82) is 0 Å². The maximum absolute atomic E-state index is 12.2. The molecular weight excluding hydrogens is 422 g/mol. The van der Waals surface area contributed by atoms with Crippen molar-refractivity contribution in [1.82, 2.24) is 10.9 Å². The van der Waals surface area contributed by atoms with Crippen molar-refractivity contribution in [2.75, 3.05) is 5.32 Å². The molecule has 7 heteroatoms. The van der Waals surface area contributed by atoms with Gasteiger partial charge >= 0.3 is 0 Å². The van der Waals surface area contributed by atoms with Gasteiger partial charge in [0.1, 0.15) is 0 Å². The van der Waals surface area contributed by atoms with Crippen molar-refractivity contribution in [3.05, 3.63) is 100 Å². The molecule has 140 valence electrons. The lowest BCUT2D eigenvalue weighted by molar-refractivity contribution is 0.0846. The molecule has 0 saturated carbocycles. The Hall–Kier alpha value is -3.45. The molecule has 0 aliphatic heterocycles. The van der Waals surface area contributed by atoms with Crippen LogP contribution >= 0.6 is 15.9 Å². The van der Waals surface area contributed by atoms with Crippen LogP contribution in [0.15, 0.2) is 83.3 Å². The molecule has 0 aromatic heterocycles. The lowest BCUT2D eigenvalue weighted by atomic mass is 10.1. The highest BCUT2D eigenvalue weighted by Crippen LogP contribution is 2.15. The van der Waals surface area contributed by atoms with Crippen LogP contribution in [0.5, 0.6) is 0 Å². The van der Waals surface area contributed by atoms with E-state index in [0.717, 1.165) is 0 Å². The third kappa shape index (κ3) is 4.83. The molecule has 0 saturated heterocycles. The van der Waals surface area contributed by atoms with Crippen molar-refractivity contribution in [3.8, 4) is 0 Å². The number of carbonyl (C=O) groups is 3. The number of carbonyl (C=O) groups excluding carboxylic acids is 3. The zero-order chi connectivity index (χ0) is 19.9. The molecule has 28 heavy (non-hydrogen) atoms. The number of benzene rings is 3. The summed E-state index contributed by atoms with van der Waals surface area (Å²) in [5.41, 5.74) is 6.57. The van der Waals surface area contributed by atoms with Crippen molar-refractivity contribution >= 4 is 39.3 Å². The van der Waals surface area contributed by atoms with E-state index >= 15 is 0 Å². The number of halogens is 1. The van der Waals surface area contributed by atoms with E-state index in [1.54, 1.807) is 72.8 Å². The molecule has 3 rings (SSSR count). The lowest BCUT2D eigenvalue weighted by Gasteiger charge is -2.09. The van der Waals surface area contributed by atoms with Crippen LogP contribution in [0.25, 0.3) is 0 Å². The summed E-state index contributed by atoms with van der Waals surface area (Å²) in [5.74, 6) is -1.15. The monoisotopic (exact) mass is 437 g/mol. The summed E-state index contributed by atoms with van der Waals surface area (Å²) in [5, 5.41) is 2.76. The Bertz CT molecular complexity index is 1000. The van der Waals surface area contributed by atoms with Crippen LogP contribution in [0.2, 0.25) is 0 Å². The van der Waals surface area contributed by atoms with Crippen molar-refractivity contribution in [3.63, 3.8) is 0 Å². The Morgan fingerprint density at radius 3 is 1.86 bits per heavy atom. The van der Waals surface area contributed by atoms with Gasteiger partial charge in [-0.15, -0.1) is 0 Å². The lowest BCUT2D eigenvalue weighted by Crippen LogP contribution is -2.41. The molecule has 3 aromatic carbocycles. The minimum absolute atomic E-state index is 0.237. The van der Waals surface area contributed by atoms with Gasteiger partial charge < -0.3 is 5.32 Å². The van der Waals surface area contributed by atoms with E-state index in [-0.39, 0.29) is 5.91 Å². The molecule has 0 aliphatic rings. The predicted molar refractivity (Wildman–Crippen MR) is 110 cm³/mol. The van der Waals surface area contributed by atoms with Gasteiger partial charge in [-0.2, -0.15) is 0 Å². The predicted octanol–water partition coefficient (Wildman–Crippen LogP) is 3.78. The van der Waals surface area contributed by atoms with E-state index in [9.17, 15) is 14.4 Å². The molecule has 0 atom stereocenters. The average Bonchev–Trinajstić information content (AvgIpc) is 2.73. The number of amides is 3. The van der Waals surface area contributed by atoms with Crippen LogP contribution < -0.4 is 16.2 Å². The maximum Gasteiger partial charge on any atom is 0.270 e. The first-order chi connectivity index (χ1) is 13.5.